The minimum absolute atomic E-state index is 0.0121. The molecule has 0 saturated heterocycles. The molecule has 0 aromatic heterocycles. The number of benzene rings is 3. The maximum Gasteiger partial charge on any atom is 0.320 e. The molecule has 0 amide bonds. The van der Waals surface area contributed by atoms with Crippen LogP contribution in [0.1, 0.15) is 118 Å². The van der Waals surface area contributed by atoms with E-state index in [2.05, 4.69) is 5.73 Å². The molecule has 0 aliphatic rings. The number of aliphatic carboxylic acids is 5. The Balaban J connectivity index is -0.000000101. The van der Waals surface area contributed by atoms with Crippen molar-refractivity contribution in [1.29, 1.82) is 0 Å². The van der Waals surface area contributed by atoms with E-state index in [1.807, 2.05) is 13.0 Å². The largest absolute Gasteiger partial charge is 0.481 e. The van der Waals surface area contributed by atoms with Gasteiger partial charge in [-0.1, -0.05) is 24.3 Å². The fraction of sp³-hybridized carbons (Fsp3) is 0.567. The Morgan fingerprint density at radius 1 is 0.484 bits per heavy atom. The number of ketones is 3. The second-order valence-electron chi connectivity index (χ2n) is 18.1. The minimum atomic E-state index is -0.968. The lowest BCUT2D eigenvalue weighted by Crippen LogP contribution is -2.25. The van der Waals surface area contributed by atoms with Crippen molar-refractivity contribution < 1.29 is 98.2 Å². The molecule has 3 rings (SSSR count). The van der Waals surface area contributed by atoms with Crippen LogP contribution in [0.4, 0.5) is 17.1 Å². The highest BCUT2D eigenvalue weighted by molar-refractivity contribution is 5.99. The van der Waals surface area contributed by atoms with Gasteiger partial charge in [0.25, 0.3) is 0 Å². The average Bonchev–Trinajstić information content (AvgIpc) is 1.99. The minimum Gasteiger partial charge on any atom is -0.481 e. The molecule has 0 bridgehead atoms. The van der Waals surface area contributed by atoms with Gasteiger partial charge in [-0.05, 0) is 129 Å². The predicted molar refractivity (Wildman–Crippen MR) is 364 cm³/mol. The number of aliphatic hydroxyl groups is 3. The van der Waals surface area contributed by atoms with E-state index in [4.69, 9.17) is 129 Å². The number of carbonyl (C=O) groups is 8. The molecule has 544 valence electrons. The molecule has 0 heterocycles. The summed E-state index contributed by atoms with van der Waals surface area (Å²) in [6, 6.07) is 20.1. The highest BCUT2D eigenvalue weighted by Gasteiger charge is 2.02. The number of aliphatic hydroxyl groups excluding tert-OH is 3. The van der Waals surface area contributed by atoms with Gasteiger partial charge in [-0.15, -0.1) is 0 Å². The number of unbranched alkanes of at least 4 members (excludes halogenated alkanes) is 1. The van der Waals surface area contributed by atoms with Gasteiger partial charge in [0.2, 0.25) is 0 Å². The second kappa shape index (κ2) is 84.7. The molecule has 4 atom stereocenters. The molecular formula is C60H119N13O20. The van der Waals surface area contributed by atoms with Crippen molar-refractivity contribution in [3.63, 3.8) is 0 Å². The highest BCUT2D eigenvalue weighted by Crippen LogP contribution is 2.10. The Morgan fingerprint density at radius 3 is 1.15 bits per heavy atom. The summed E-state index contributed by atoms with van der Waals surface area (Å²) in [7, 11) is 3.29. The number of carboxylic acid groups (broad SMARTS) is 5. The van der Waals surface area contributed by atoms with E-state index in [1.165, 1.54) is 27.7 Å². The number of ether oxygens (including phenoxy) is 4. The number of anilines is 3. The standard InChI is InChI=1S/3C8H9NO.C5H13NO2.C5H11NO2.C4H11NO2.C4H9NO2.C4H11NO.2C3H7NO2.2C3H9NO.C2H5NO2/c1-6(10)7-2-4-8(9)5-3-7;1-6(10)7-3-2-4-8(9)5-7;1-6(10)7-4-2-3-5-8(7)9;1-7-4-5-8-3-2-6;6-4-2-1-3-5(7)8;5-1-3-7-4-2-6;5-3-1-2-4(6)7;1-4(3-5)6-2;1-2(4)3(5)6;4-2-1-3(5)6;1-3(4)2-5;1-3(5)2-4;3-1-2(4)5/h3*2-5H,9H2,1H3;2-6H2,1H3;1-4,6H2,(H,7,8);6H,1-5H2;1-3,5H2,(H,6,7);4H,3,5H2,1-2H3;2H,4H2,1H3,(H,5,6);1-2,4H2,(H,5,6);2*3,5H,2,4H2,1H3;1,3H2,(H,4,5). The van der Waals surface area contributed by atoms with Gasteiger partial charge in [-0.25, -0.2) is 0 Å². The lowest BCUT2D eigenvalue weighted by Gasteiger charge is -2.01. The molecular weight excluding hydrogens is 1220 g/mol. The number of hydrogen-bond donors (Lipinski definition) is 21. The van der Waals surface area contributed by atoms with Gasteiger partial charge in [0, 0.05) is 99.6 Å². The zero-order valence-corrected chi connectivity index (χ0v) is 56.1. The molecule has 93 heavy (non-hydrogen) atoms. The number of methoxy groups -OCH3 is 2. The lowest BCUT2D eigenvalue weighted by atomic mass is 10.1. The van der Waals surface area contributed by atoms with E-state index in [0.29, 0.717) is 119 Å². The van der Waals surface area contributed by atoms with Crippen LogP contribution in [-0.4, -0.2) is 225 Å². The van der Waals surface area contributed by atoms with Gasteiger partial charge in [0.15, 0.2) is 17.3 Å². The SMILES string of the molecule is CC(=O)c1ccc(N)cc1.CC(=O)c1cccc(N)c1.CC(=O)c1ccccc1N.CC(N)C(=O)O.CC(N)CO.CC(O)CN.COC(C)CN.COCCOCCN.NCC(=O)O.NCCC(=O)O.NCCCC(=O)O.NCCCCC(=O)O.NCCOCCO. The first-order chi connectivity index (χ1) is 43.5. The zero-order valence-electron chi connectivity index (χ0n) is 56.1. The number of nitrogens with two attached hydrogens (primary N) is 13. The molecule has 34 N–H and O–H groups in total. The molecule has 0 aliphatic heterocycles. The number of carbonyl (C=O) groups excluding carboxylic acids is 3. The van der Waals surface area contributed by atoms with E-state index < -0.39 is 35.9 Å². The summed E-state index contributed by atoms with van der Waals surface area (Å²) < 4.78 is 19.2. The molecule has 33 nitrogen and oxygen atoms in total. The summed E-state index contributed by atoms with van der Waals surface area (Å²) in [6.07, 6.45) is 2.47. The molecule has 0 spiro atoms. The number of nitrogen functional groups attached to an aromatic ring is 3. The maximum absolute atomic E-state index is 10.8. The van der Waals surface area contributed by atoms with Crippen molar-refractivity contribution in [3.05, 3.63) is 89.5 Å². The molecule has 33 heteroatoms. The smallest absolute Gasteiger partial charge is 0.320 e. The average molecular weight is 1340 g/mol. The van der Waals surface area contributed by atoms with Crippen LogP contribution < -0.4 is 74.5 Å². The van der Waals surface area contributed by atoms with Gasteiger partial charge >= 0.3 is 29.8 Å². The van der Waals surface area contributed by atoms with Crippen LogP contribution in [0, 0.1) is 0 Å². The number of Topliss-reactive ketones (excluding diaryl/α,β-unsaturated/α-hetero) is 3. The summed E-state index contributed by atoms with van der Waals surface area (Å²) in [5, 5.41) is 63.8. The van der Waals surface area contributed by atoms with Crippen molar-refractivity contribution in [1.82, 2.24) is 0 Å². The zero-order chi connectivity index (χ0) is 74.6. The summed E-state index contributed by atoms with van der Waals surface area (Å²) in [5.41, 5.74) is 69.9. The Kier molecular flexibility index (Phi) is 97.8. The van der Waals surface area contributed by atoms with Crippen LogP contribution in [0.3, 0.4) is 0 Å². The third-order valence-electron chi connectivity index (χ3n) is 8.87. The van der Waals surface area contributed by atoms with Crippen LogP contribution in [0.2, 0.25) is 0 Å². The van der Waals surface area contributed by atoms with Gasteiger partial charge in [0.05, 0.1) is 71.4 Å². The van der Waals surface area contributed by atoms with Gasteiger partial charge < -0.3 is 134 Å². The molecule has 0 radical (unpaired) electrons. The molecule has 4 unspecified atom stereocenters. The van der Waals surface area contributed by atoms with Crippen LogP contribution in [0.15, 0.2) is 72.8 Å². The van der Waals surface area contributed by atoms with Crippen LogP contribution in [0.5, 0.6) is 0 Å². The summed E-state index contributed by atoms with van der Waals surface area (Å²) in [6.45, 7) is 17.4. The molecule has 3 aromatic carbocycles. The number of rotatable bonds is 27. The Hall–Kier alpha value is -7.26. The summed E-state index contributed by atoms with van der Waals surface area (Å²) in [4.78, 5) is 80.1. The maximum atomic E-state index is 10.8. The number of carboxylic acids is 5. The molecule has 0 fully saturated rings. The first-order valence-electron chi connectivity index (χ1n) is 28.9. The van der Waals surface area contributed by atoms with Crippen LogP contribution >= 0.6 is 0 Å². The van der Waals surface area contributed by atoms with Crippen molar-refractivity contribution in [2.45, 2.75) is 111 Å². The fourth-order valence-electron chi connectivity index (χ4n) is 3.76. The van der Waals surface area contributed by atoms with E-state index in [-0.39, 0.29) is 81.2 Å². The fourth-order valence-corrected chi connectivity index (χ4v) is 3.76. The molecule has 3 aromatic rings. The first kappa shape index (κ1) is 107. The van der Waals surface area contributed by atoms with E-state index >= 15 is 0 Å². The third kappa shape index (κ3) is 116. The van der Waals surface area contributed by atoms with Crippen LogP contribution in [0.25, 0.3) is 0 Å². The molecule has 0 aliphatic carbocycles. The van der Waals surface area contributed by atoms with Gasteiger partial charge in [-0.3, -0.25) is 38.4 Å². The Morgan fingerprint density at radius 2 is 0.914 bits per heavy atom. The number of para-hydroxylation sites is 1. The third-order valence-corrected chi connectivity index (χ3v) is 8.87. The van der Waals surface area contributed by atoms with Crippen molar-refractivity contribution in [3.8, 4) is 0 Å². The summed E-state index contributed by atoms with van der Waals surface area (Å²) in [5.74, 6) is -4.15. The van der Waals surface area contributed by atoms with Crippen LogP contribution in [-0.2, 0) is 42.9 Å². The van der Waals surface area contributed by atoms with Crippen molar-refractivity contribution in [2.75, 3.05) is 130 Å². The summed E-state index contributed by atoms with van der Waals surface area (Å²) >= 11 is 0. The lowest BCUT2D eigenvalue weighted by molar-refractivity contribution is -0.138. The van der Waals surface area contributed by atoms with E-state index in [1.54, 1.807) is 94.8 Å². The van der Waals surface area contributed by atoms with Gasteiger partial charge in [0.1, 0.15) is 6.04 Å². The van der Waals surface area contributed by atoms with E-state index in [0.717, 1.165) is 6.42 Å². The first-order valence-corrected chi connectivity index (χ1v) is 28.9. The van der Waals surface area contributed by atoms with Crippen molar-refractivity contribution in [2.24, 2.45) is 57.3 Å². The molecule has 0 saturated carbocycles. The normalized spacial score (nSPS) is 10.3. The highest BCUT2D eigenvalue weighted by atomic mass is 16.5. The topological polar surface area (TPSA) is 674 Å². The van der Waals surface area contributed by atoms with Gasteiger partial charge in [-0.2, -0.15) is 0 Å². The Labute approximate surface area is 548 Å². The quantitative estimate of drug-likeness (QED) is 0.0259. The Bertz CT molecular complexity index is 2170. The predicted octanol–water partition coefficient (Wildman–Crippen LogP) is -0.514. The van der Waals surface area contributed by atoms with E-state index in [9.17, 15) is 38.4 Å². The second-order valence-corrected chi connectivity index (χ2v) is 18.1. The van der Waals surface area contributed by atoms with Crippen molar-refractivity contribution >= 4 is 64.3 Å². The monoisotopic (exact) mass is 1340 g/mol. The number of hydrogen-bond acceptors (Lipinski definition) is 28.